The molecule has 0 amide bonds. The Morgan fingerprint density at radius 2 is 2.11 bits per heavy atom. The van der Waals surface area contributed by atoms with Crippen LogP contribution < -0.4 is 0 Å². The molecule has 0 aliphatic heterocycles. The third-order valence-electron chi connectivity index (χ3n) is 2.42. The summed E-state index contributed by atoms with van der Waals surface area (Å²) in [6.45, 7) is 3.08. The van der Waals surface area contributed by atoms with Crippen molar-refractivity contribution in [3.8, 4) is 0 Å². The second-order valence-corrected chi connectivity index (χ2v) is 4.35. The summed E-state index contributed by atoms with van der Waals surface area (Å²) < 4.78 is 4.88. The van der Waals surface area contributed by atoms with Gasteiger partial charge in [-0.25, -0.2) is 4.79 Å². The summed E-state index contributed by atoms with van der Waals surface area (Å²) >= 11 is 5.76. The molecule has 1 atom stereocenters. The molecule has 0 saturated heterocycles. The first-order chi connectivity index (χ1) is 8.52. The molecule has 1 N–H and O–H groups in total. The maximum absolute atomic E-state index is 12.0. The number of aliphatic hydroxyl groups excluding tert-OH is 1. The summed E-state index contributed by atoms with van der Waals surface area (Å²) in [6.07, 6.45) is 0. The van der Waals surface area contributed by atoms with E-state index in [0.717, 1.165) is 0 Å². The number of esters is 1. The van der Waals surface area contributed by atoms with Gasteiger partial charge in [-0.2, -0.15) is 0 Å². The van der Waals surface area contributed by atoms with Gasteiger partial charge in [-0.3, -0.25) is 4.79 Å². The first-order valence-corrected chi connectivity index (χ1v) is 6.04. The number of aliphatic hydroxyl groups is 1. The highest BCUT2D eigenvalue weighted by molar-refractivity contribution is 6.34. The van der Waals surface area contributed by atoms with Crippen LogP contribution in [0.25, 0.3) is 0 Å². The van der Waals surface area contributed by atoms with Crippen molar-refractivity contribution in [2.45, 2.75) is 25.8 Å². The SMILES string of the molecule is CCOC(=O)c1cccc(CO)c1C(=O)C(C)Cl. The second-order valence-electron chi connectivity index (χ2n) is 3.70. The van der Waals surface area contributed by atoms with Gasteiger partial charge >= 0.3 is 5.97 Å². The van der Waals surface area contributed by atoms with Crippen molar-refractivity contribution in [1.29, 1.82) is 0 Å². The van der Waals surface area contributed by atoms with Gasteiger partial charge in [0.05, 0.1) is 24.2 Å². The molecule has 4 nitrogen and oxygen atoms in total. The molecule has 98 valence electrons. The molecular formula is C13H15ClO4. The number of hydrogen-bond donors (Lipinski definition) is 1. The van der Waals surface area contributed by atoms with Crippen molar-refractivity contribution < 1.29 is 19.4 Å². The molecule has 1 rings (SSSR count). The van der Waals surface area contributed by atoms with Crippen molar-refractivity contribution >= 4 is 23.4 Å². The van der Waals surface area contributed by atoms with Crippen LogP contribution in [-0.2, 0) is 11.3 Å². The van der Waals surface area contributed by atoms with E-state index in [9.17, 15) is 14.7 Å². The number of carbonyl (C=O) groups is 2. The smallest absolute Gasteiger partial charge is 0.338 e. The van der Waals surface area contributed by atoms with Crippen molar-refractivity contribution in [1.82, 2.24) is 0 Å². The topological polar surface area (TPSA) is 63.6 Å². The lowest BCUT2D eigenvalue weighted by Crippen LogP contribution is -2.19. The predicted octanol–water partition coefficient (Wildman–Crippen LogP) is 2.17. The first kappa shape index (κ1) is 14.7. The number of ether oxygens (including phenoxy) is 1. The largest absolute Gasteiger partial charge is 0.462 e. The Kier molecular flexibility index (Phi) is 5.31. The molecule has 0 fully saturated rings. The van der Waals surface area contributed by atoms with Gasteiger partial charge in [0, 0.05) is 5.56 Å². The summed E-state index contributed by atoms with van der Waals surface area (Å²) in [6, 6.07) is 4.66. The van der Waals surface area contributed by atoms with Crippen LogP contribution in [0, 0.1) is 0 Å². The minimum Gasteiger partial charge on any atom is -0.462 e. The van der Waals surface area contributed by atoms with E-state index in [1.54, 1.807) is 19.1 Å². The number of carbonyl (C=O) groups excluding carboxylic acids is 2. The molecule has 0 aromatic heterocycles. The number of alkyl halides is 1. The monoisotopic (exact) mass is 270 g/mol. The Morgan fingerprint density at radius 1 is 1.44 bits per heavy atom. The fraction of sp³-hybridized carbons (Fsp3) is 0.385. The minimum absolute atomic E-state index is 0.140. The Labute approximate surface area is 111 Å². The number of hydrogen-bond acceptors (Lipinski definition) is 4. The third-order valence-corrected chi connectivity index (χ3v) is 2.62. The van der Waals surface area contributed by atoms with Gasteiger partial charge in [0.1, 0.15) is 0 Å². The van der Waals surface area contributed by atoms with E-state index < -0.39 is 17.1 Å². The number of halogens is 1. The van der Waals surface area contributed by atoms with Gasteiger partial charge in [0.25, 0.3) is 0 Å². The Hall–Kier alpha value is -1.39. The highest BCUT2D eigenvalue weighted by atomic mass is 35.5. The van der Waals surface area contributed by atoms with Gasteiger partial charge in [-0.05, 0) is 25.5 Å². The number of benzene rings is 1. The fourth-order valence-electron chi connectivity index (χ4n) is 1.60. The van der Waals surface area contributed by atoms with Gasteiger partial charge in [0.15, 0.2) is 5.78 Å². The van der Waals surface area contributed by atoms with Gasteiger partial charge in [0.2, 0.25) is 0 Å². The van der Waals surface area contributed by atoms with Crippen LogP contribution in [0.4, 0.5) is 0 Å². The third kappa shape index (κ3) is 3.09. The highest BCUT2D eigenvalue weighted by Crippen LogP contribution is 2.20. The Morgan fingerprint density at radius 3 is 2.61 bits per heavy atom. The number of Topliss-reactive ketones (excluding diaryl/α,β-unsaturated/α-hetero) is 1. The van der Waals surface area contributed by atoms with Crippen molar-refractivity contribution in [2.75, 3.05) is 6.61 Å². The summed E-state index contributed by atoms with van der Waals surface area (Å²) in [4.78, 5) is 23.8. The maximum Gasteiger partial charge on any atom is 0.338 e. The molecule has 1 unspecified atom stereocenters. The fourth-order valence-corrected chi connectivity index (χ4v) is 1.71. The molecule has 0 heterocycles. The summed E-state index contributed by atoms with van der Waals surface area (Å²) in [5, 5.41) is 8.47. The lowest BCUT2D eigenvalue weighted by atomic mass is 9.96. The molecule has 1 aromatic rings. The highest BCUT2D eigenvalue weighted by Gasteiger charge is 2.23. The van der Waals surface area contributed by atoms with E-state index in [-0.39, 0.29) is 24.3 Å². The zero-order chi connectivity index (χ0) is 13.7. The van der Waals surface area contributed by atoms with E-state index in [1.165, 1.54) is 13.0 Å². The summed E-state index contributed by atoms with van der Waals surface area (Å²) in [5.41, 5.74) is 0.653. The van der Waals surface area contributed by atoms with E-state index in [1.807, 2.05) is 0 Å². The molecule has 0 radical (unpaired) electrons. The van der Waals surface area contributed by atoms with Crippen LogP contribution in [0.2, 0.25) is 0 Å². The molecular weight excluding hydrogens is 256 g/mol. The molecule has 5 heteroatoms. The van der Waals surface area contributed by atoms with E-state index in [4.69, 9.17) is 16.3 Å². The van der Waals surface area contributed by atoms with Gasteiger partial charge < -0.3 is 9.84 Å². The number of rotatable bonds is 5. The Balaban J connectivity index is 3.33. The van der Waals surface area contributed by atoms with Crippen LogP contribution in [0.15, 0.2) is 18.2 Å². The normalized spacial score (nSPS) is 12.0. The summed E-state index contributed by atoms with van der Waals surface area (Å²) in [7, 11) is 0. The molecule has 18 heavy (non-hydrogen) atoms. The quantitative estimate of drug-likeness (QED) is 0.506. The molecule has 0 saturated carbocycles. The molecule has 0 spiro atoms. The van der Waals surface area contributed by atoms with Crippen LogP contribution >= 0.6 is 11.6 Å². The predicted molar refractivity (Wildman–Crippen MR) is 68.0 cm³/mol. The van der Waals surface area contributed by atoms with Gasteiger partial charge in [-0.15, -0.1) is 11.6 Å². The maximum atomic E-state index is 12.0. The van der Waals surface area contributed by atoms with Crippen LogP contribution in [0.1, 0.15) is 40.1 Å². The van der Waals surface area contributed by atoms with E-state index in [0.29, 0.717) is 5.56 Å². The zero-order valence-corrected chi connectivity index (χ0v) is 11.0. The van der Waals surface area contributed by atoms with Crippen LogP contribution in [0.3, 0.4) is 0 Å². The second kappa shape index (κ2) is 6.52. The van der Waals surface area contributed by atoms with E-state index >= 15 is 0 Å². The van der Waals surface area contributed by atoms with Gasteiger partial charge in [-0.1, -0.05) is 12.1 Å². The van der Waals surface area contributed by atoms with Crippen molar-refractivity contribution in [2.24, 2.45) is 0 Å². The molecule has 1 aromatic carbocycles. The van der Waals surface area contributed by atoms with Crippen molar-refractivity contribution in [3.63, 3.8) is 0 Å². The number of ketones is 1. The molecule has 0 aliphatic carbocycles. The van der Waals surface area contributed by atoms with Crippen LogP contribution in [0.5, 0.6) is 0 Å². The lowest BCUT2D eigenvalue weighted by Gasteiger charge is -2.12. The lowest BCUT2D eigenvalue weighted by molar-refractivity contribution is 0.0522. The average molecular weight is 271 g/mol. The zero-order valence-electron chi connectivity index (χ0n) is 10.3. The molecule has 0 aliphatic rings. The van der Waals surface area contributed by atoms with E-state index in [2.05, 4.69) is 0 Å². The minimum atomic E-state index is -0.772. The van der Waals surface area contributed by atoms with Crippen molar-refractivity contribution in [3.05, 3.63) is 34.9 Å². The Bertz CT molecular complexity index is 454. The average Bonchev–Trinajstić information content (AvgIpc) is 2.37. The first-order valence-electron chi connectivity index (χ1n) is 5.61. The molecule has 0 bridgehead atoms. The summed E-state index contributed by atoms with van der Waals surface area (Å²) in [5.74, 6) is -0.988. The van der Waals surface area contributed by atoms with Crippen LogP contribution in [-0.4, -0.2) is 28.8 Å². The standard InChI is InChI=1S/C13H15ClO4/c1-3-18-13(17)10-6-4-5-9(7-15)11(10)12(16)8(2)14/h4-6,8,15H,3,7H2,1-2H3.